The lowest BCUT2D eigenvalue weighted by atomic mass is 10.1. The van der Waals surface area contributed by atoms with Crippen LogP contribution >= 0.6 is 0 Å². The molecule has 0 bridgehead atoms. The molecule has 6 nitrogen and oxygen atoms in total. The van der Waals surface area contributed by atoms with Gasteiger partial charge in [-0.2, -0.15) is 5.10 Å². The summed E-state index contributed by atoms with van der Waals surface area (Å²) in [5.41, 5.74) is 6.23. The average molecular weight is 223 g/mol. The number of aromatic nitrogens is 2. The molecule has 0 amide bonds. The molecule has 0 atom stereocenters. The largest absolute Gasteiger partial charge is 0.427 e. The number of hydrogen-bond acceptors (Lipinski definition) is 5. The van der Waals surface area contributed by atoms with Gasteiger partial charge in [-0.3, -0.25) is 15.5 Å². The summed E-state index contributed by atoms with van der Waals surface area (Å²) in [6.45, 7) is 6.84. The highest BCUT2D eigenvalue weighted by Gasteiger charge is 2.30. The molecule has 0 aliphatic heterocycles. The minimum absolute atomic E-state index is 0.0186. The lowest BCUT2D eigenvalue weighted by Crippen LogP contribution is -2.38. The van der Waals surface area contributed by atoms with E-state index in [1.165, 1.54) is 6.92 Å². The van der Waals surface area contributed by atoms with Crippen molar-refractivity contribution in [2.24, 2.45) is 0 Å². The Morgan fingerprint density at radius 1 is 1.50 bits per heavy atom. The van der Waals surface area contributed by atoms with Crippen molar-refractivity contribution in [2.45, 2.75) is 33.2 Å². The van der Waals surface area contributed by atoms with Crippen molar-refractivity contribution in [3.63, 3.8) is 0 Å². The highest BCUT2D eigenvalue weighted by Crippen LogP contribution is 2.20. The van der Waals surface area contributed by atoms with Crippen molar-refractivity contribution >= 4 is 17.5 Å². The first kappa shape index (κ1) is 12.2. The van der Waals surface area contributed by atoms with Gasteiger partial charge in [-0.15, -0.1) is 0 Å². The van der Waals surface area contributed by atoms with Gasteiger partial charge < -0.3 is 10.5 Å². The molecule has 1 heterocycles. The number of ether oxygens (including phenoxy) is 1. The number of hydrogen-bond donors (Lipinski definition) is 3. The number of aryl methyl sites for hydroxylation is 1. The van der Waals surface area contributed by atoms with E-state index in [0.29, 0.717) is 11.4 Å². The molecule has 88 valence electrons. The monoisotopic (exact) mass is 223 g/mol. The number of nitrogens with one attached hydrogen (secondary N) is 2. The molecule has 6 heteroatoms. The van der Waals surface area contributed by atoms with Gasteiger partial charge in [0, 0.05) is 13.1 Å². The van der Waals surface area contributed by atoms with Crippen molar-refractivity contribution in [1.82, 2.24) is 9.78 Å². The van der Waals surface area contributed by atoms with Gasteiger partial charge in [-0.25, -0.2) is 0 Å². The predicted octanol–water partition coefficient (Wildman–Crippen LogP) is 1.50. The first-order valence-electron chi connectivity index (χ1n) is 4.89. The molecule has 0 aromatic carbocycles. The first-order valence-corrected chi connectivity index (χ1v) is 4.89. The lowest BCUT2D eigenvalue weighted by molar-refractivity contribution is 0.355. The molecule has 0 saturated carbocycles. The van der Waals surface area contributed by atoms with E-state index in [0.717, 1.165) is 0 Å². The maximum Gasteiger partial charge on any atom is 0.216 e. The minimum atomic E-state index is -0.759. The van der Waals surface area contributed by atoms with Crippen LogP contribution in [0.5, 0.6) is 0 Å². The molecule has 4 N–H and O–H groups in total. The number of nitrogens with two attached hydrogens (primary N) is 1. The van der Waals surface area contributed by atoms with Gasteiger partial charge in [0.05, 0.1) is 11.4 Å². The quantitative estimate of drug-likeness (QED) is 0.523. The Labute approximate surface area is 94.4 Å². The fourth-order valence-electron chi connectivity index (χ4n) is 1.14. The Morgan fingerprint density at radius 3 is 2.44 bits per heavy atom. The summed E-state index contributed by atoms with van der Waals surface area (Å²) in [5.74, 6) is -0.0579. The summed E-state index contributed by atoms with van der Waals surface area (Å²) < 4.78 is 6.56. The molecule has 0 saturated heterocycles. The first-order chi connectivity index (χ1) is 7.25. The Morgan fingerprint density at radius 2 is 2.06 bits per heavy atom. The van der Waals surface area contributed by atoms with Crippen LogP contribution in [-0.4, -0.2) is 21.6 Å². The third-order valence-corrected chi connectivity index (χ3v) is 2.32. The van der Waals surface area contributed by atoms with Crippen LogP contribution < -0.4 is 5.73 Å². The second-order valence-electron chi connectivity index (χ2n) is 4.16. The fourth-order valence-corrected chi connectivity index (χ4v) is 1.14. The standard InChI is InChI=1S/C10H17N5O/c1-6-8(12)5-15(14-6)10(3,4)9(13)16-7(2)11/h5,11,13H,12H2,1-4H3. The van der Waals surface area contributed by atoms with Crippen molar-refractivity contribution in [1.29, 1.82) is 10.8 Å². The van der Waals surface area contributed by atoms with Crippen LogP contribution in [0.15, 0.2) is 6.20 Å². The maximum atomic E-state index is 7.77. The van der Waals surface area contributed by atoms with Crippen LogP contribution in [0.1, 0.15) is 26.5 Å². The number of anilines is 1. The number of rotatable bonds is 2. The lowest BCUT2D eigenvalue weighted by Gasteiger charge is -2.25. The molecule has 1 aromatic heterocycles. The zero-order chi connectivity index (χ0) is 12.5. The van der Waals surface area contributed by atoms with Crippen LogP contribution in [0.4, 0.5) is 5.69 Å². The predicted molar refractivity (Wildman–Crippen MR) is 62.9 cm³/mol. The Balaban J connectivity index is 3.01. The molecular weight excluding hydrogens is 206 g/mol. The Kier molecular flexibility index (Phi) is 3.02. The van der Waals surface area contributed by atoms with E-state index in [9.17, 15) is 0 Å². The summed E-state index contributed by atoms with van der Waals surface area (Å²) >= 11 is 0. The van der Waals surface area contributed by atoms with Crippen LogP contribution in [0.3, 0.4) is 0 Å². The van der Waals surface area contributed by atoms with Crippen LogP contribution in [0, 0.1) is 17.7 Å². The maximum absolute atomic E-state index is 7.77. The van der Waals surface area contributed by atoms with Crippen LogP contribution in [0.25, 0.3) is 0 Å². The topological polar surface area (TPSA) is 101 Å². The highest BCUT2D eigenvalue weighted by molar-refractivity contribution is 5.91. The molecule has 0 spiro atoms. The molecule has 0 radical (unpaired) electrons. The summed E-state index contributed by atoms with van der Waals surface area (Å²) in [5, 5.41) is 19.2. The van der Waals surface area contributed by atoms with Crippen molar-refractivity contribution < 1.29 is 4.74 Å². The van der Waals surface area contributed by atoms with Gasteiger partial charge in [0.15, 0.2) is 5.90 Å². The van der Waals surface area contributed by atoms with E-state index in [1.807, 2.05) is 0 Å². The van der Waals surface area contributed by atoms with Crippen LogP contribution in [0.2, 0.25) is 0 Å². The molecule has 1 rings (SSSR count). The summed E-state index contributed by atoms with van der Waals surface area (Å²) in [7, 11) is 0. The Hall–Kier alpha value is -1.85. The second-order valence-corrected chi connectivity index (χ2v) is 4.16. The molecular formula is C10H17N5O. The SMILES string of the molecule is CC(=N)OC(=N)C(C)(C)n1cc(N)c(C)n1. The van der Waals surface area contributed by atoms with Gasteiger partial charge in [-0.1, -0.05) is 0 Å². The average Bonchev–Trinajstić information content (AvgIpc) is 2.46. The van der Waals surface area contributed by atoms with E-state index in [1.54, 1.807) is 31.6 Å². The second kappa shape index (κ2) is 3.96. The van der Waals surface area contributed by atoms with E-state index in [-0.39, 0.29) is 11.8 Å². The zero-order valence-electron chi connectivity index (χ0n) is 9.96. The van der Waals surface area contributed by atoms with Crippen molar-refractivity contribution in [2.75, 3.05) is 5.73 Å². The molecule has 0 aliphatic carbocycles. The smallest absolute Gasteiger partial charge is 0.216 e. The molecule has 0 unspecified atom stereocenters. The van der Waals surface area contributed by atoms with E-state index < -0.39 is 5.54 Å². The molecule has 1 aromatic rings. The summed E-state index contributed by atoms with van der Waals surface area (Å²) in [4.78, 5) is 0. The van der Waals surface area contributed by atoms with Gasteiger partial charge in [0.2, 0.25) is 5.90 Å². The minimum Gasteiger partial charge on any atom is -0.427 e. The fraction of sp³-hybridized carbons (Fsp3) is 0.500. The van der Waals surface area contributed by atoms with E-state index >= 15 is 0 Å². The number of nitrogen functional groups attached to an aromatic ring is 1. The molecule has 0 fully saturated rings. The highest BCUT2D eigenvalue weighted by atomic mass is 16.5. The Bertz CT molecular complexity index is 413. The van der Waals surface area contributed by atoms with Gasteiger partial charge in [-0.05, 0) is 20.8 Å². The van der Waals surface area contributed by atoms with Crippen molar-refractivity contribution in [3.8, 4) is 0 Å². The number of nitrogens with zero attached hydrogens (tertiary/aromatic N) is 2. The third kappa shape index (κ3) is 2.21. The van der Waals surface area contributed by atoms with Gasteiger partial charge >= 0.3 is 0 Å². The summed E-state index contributed by atoms with van der Waals surface area (Å²) in [6.07, 6.45) is 1.66. The molecule has 16 heavy (non-hydrogen) atoms. The summed E-state index contributed by atoms with van der Waals surface area (Å²) in [6, 6.07) is 0. The van der Waals surface area contributed by atoms with E-state index in [4.69, 9.17) is 21.3 Å². The van der Waals surface area contributed by atoms with E-state index in [2.05, 4.69) is 5.10 Å². The van der Waals surface area contributed by atoms with Gasteiger partial charge in [0.1, 0.15) is 5.54 Å². The third-order valence-electron chi connectivity index (χ3n) is 2.32. The van der Waals surface area contributed by atoms with Gasteiger partial charge in [0.25, 0.3) is 0 Å². The molecule has 0 aliphatic rings. The normalized spacial score (nSPS) is 11.2. The zero-order valence-corrected chi connectivity index (χ0v) is 9.96. The van der Waals surface area contributed by atoms with Crippen LogP contribution in [-0.2, 0) is 10.3 Å². The van der Waals surface area contributed by atoms with Crippen molar-refractivity contribution in [3.05, 3.63) is 11.9 Å².